The van der Waals surface area contributed by atoms with E-state index >= 15 is 0 Å². The average molecular weight is 242 g/mol. The molecular formula is C12H13Cl2N. The maximum absolute atomic E-state index is 5.80. The Morgan fingerprint density at radius 1 is 1.40 bits per heavy atom. The highest BCUT2D eigenvalue weighted by Gasteiger charge is 2.37. The molecule has 2 atom stereocenters. The molecule has 3 heteroatoms. The van der Waals surface area contributed by atoms with Gasteiger partial charge < -0.3 is 5.32 Å². The van der Waals surface area contributed by atoms with Crippen LogP contribution in [0.1, 0.15) is 17.9 Å². The maximum Gasteiger partial charge on any atom is 0.0432 e. The monoisotopic (exact) mass is 241 g/mol. The minimum atomic E-state index is 0.553. The molecule has 2 rings (SSSR count). The van der Waals surface area contributed by atoms with Gasteiger partial charge in [0.25, 0.3) is 0 Å². The molecule has 0 saturated heterocycles. The van der Waals surface area contributed by atoms with E-state index in [1.54, 1.807) is 0 Å². The van der Waals surface area contributed by atoms with E-state index in [1.165, 1.54) is 17.5 Å². The van der Waals surface area contributed by atoms with Crippen molar-refractivity contribution in [2.75, 3.05) is 6.54 Å². The van der Waals surface area contributed by atoms with Crippen molar-refractivity contribution in [3.63, 3.8) is 0 Å². The first kappa shape index (κ1) is 11.0. The van der Waals surface area contributed by atoms with Gasteiger partial charge in [-0.2, -0.15) is 0 Å². The van der Waals surface area contributed by atoms with Gasteiger partial charge in [-0.25, -0.2) is 0 Å². The summed E-state index contributed by atoms with van der Waals surface area (Å²) in [5.74, 6) is 0.644. The second kappa shape index (κ2) is 5.02. The van der Waals surface area contributed by atoms with Crippen molar-refractivity contribution in [1.29, 1.82) is 0 Å². The quantitative estimate of drug-likeness (QED) is 0.852. The van der Waals surface area contributed by atoms with Crippen molar-refractivity contribution < 1.29 is 0 Å². The molecule has 0 aliphatic heterocycles. The Kier molecular flexibility index (Phi) is 3.68. The van der Waals surface area contributed by atoms with Crippen LogP contribution < -0.4 is 5.32 Å². The van der Waals surface area contributed by atoms with Crippen molar-refractivity contribution in [2.24, 2.45) is 0 Å². The maximum atomic E-state index is 5.80. The predicted molar refractivity (Wildman–Crippen MR) is 65.4 cm³/mol. The average Bonchev–Trinajstić information content (AvgIpc) is 3.06. The normalized spacial score (nSPS) is 25.3. The molecule has 1 aromatic carbocycles. The Morgan fingerprint density at radius 3 is 2.80 bits per heavy atom. The van der Waals surface area contributed by atoms with Gasteiger partial charge in [0.2, 0.25) is 0 Å². The molecule has 0 spiro atoms. The van der Waals surface area contributed by atoms with Gasteiger partial charge in [-0.1, -0.05) is 53.5 Å². The van der Waals surface area contributed by atoms with Gasteiger partial charge in [0, 0.05) is 29.1 Å². The van der Waals surface area contributed by atoms with Crippen LogP contribution in [-0.2, 0) is 0 Å². The van der Waals surface area contributed by atoms with Crippen LogP contribution in [0.2, 0.25) is 0 Å². The summed E-state index contributed by atoms with van der Waals surface area (Å²) < 4.78 is 0. The number of benzene rings is 1. The fourth-order valence-electron chi connectivity index (χ4n) is 1.76. The van der Waals surface area contributed by atoms with E-state index < -0.39 is 0 Å². The van der Waals surface area contributed by atoms with E-state index in [0.717, 1.165) is 0 Å². The molecule has 1 nitrogen and oxygen atoms in total. The van der Waals surface area contributed by atoms with E-state index in [4.69, 9.17) is 23.2 Å². The molecule has 0 radical (unpaired) electrons. The molecule has 1 aliphatic carbocycles. The molecule has 2 unspecified atom stereocenters. The highest BCUT2D eigenvalue weighted by atomic mass is 35.5. The van der Waals surface area contributed by atoms with E-state index in [-0.39, 0.29) is 0 Å². The molecule has 1 aliphatic rings. The summed E-state index contributed by atoms with van der Waals surface area (Å²) in [5.41, 5.74) is 2.81. The Morgan fingerprint density at radius 2 is 2.13 bits per heavy atom. The number of rotatable bonds is 4. The zero-order valence-electron chi connectivity index (χ0n) is 8.29. The lowest BCUT2D eigenvalue weighted by molar-refractivity contribution is 0.728. The van der Waals surface area contributed by atoms with Gasteiger partial charge in [0.15, 0.2) is 0 Å². The summed E-state index contributed by atoms with van der Waals surface area (Å²) in [6.07, 6.45) is 1.19. The first-order chi connectivity index (χ1) is 7.31. The minimum absolute atomic E-state index is 0.553. The lowest BCUT2D eigenvalue weighted by Crippen LogP contribution is -2.19. The third kappa shape index (κ3) is 2.97. The standard InChI is InChI=1S/C12H13Cl2N/c13-7-10(14)8-15-12-6-11(12)9-4-2-1-3-5-9/h1-5,7,11-12,15H,6,8H2. The van der Waals surface area contributed by atoms with Crippen LogP contribution in [0.25, 0.3) is 0 Å². The summed E-state index contributed by atoms with van der Waals surface area (Å²) >= 11 is 11.3. The largest absolute Gasteiger partial charge is 0.308 e. The highest BCUT2D eigenvalue weighted by molar-refractivity contribution is 6.36. The zero-order chi connectivity index (χ0) is 10.7. The summed E-state index contributed by atoms with van der Waals surface area (Å²) in [5, 5.41) is 4.03. The highest BCUT2D eigenvalue weighted by Crippen LogP contribution is 2.40. The molecule has 0 heterocycles. The SMILES string of the molecule is ClC=C(Cl)CNC1CC1c1ccccc1. The number of hydrogen-bond acceptors (Lipinski definition) is 1. The van der Waals surface area contributed by atoms with E-state index in [0.29, 0.717) is 23.5 Å². The van der Waals surface area contributed by atoms with Crippen LogP contribution in [0.3, 0.4) is 0 Å². The lowest BCUT2D eigenvalue weighted by atomic mass is 10.1. The fourth-order valence-corrected chi connectivity index (χ4v) is 1.91. The van der Waals surface area contributed by atoms with Gasteiger partial charge in [0.05, 0.1) is 0 Å². The van der Waals surface area contributed by atoms with Crippen LogP contribution in [0.4, 0.5) is 0 Å². The topological polar surface area (TPSA) is 12.0 Å². The Bertz CT molecular complexity index is 348. The molecule has 0 amide bonds. The molecule has 1 aromatic rings. The summed E-state index contributed by atoms with van der Waals surface area (Å²) in [4.78, 5) is 0. The van der Waals surface area contributed by atoms with Crippen LogP contribution in [0.5, 0.6) is 0 Å². The molecule has 1 saturated carbocycles. The first-order valence-electron chi connectivity index (χ1n) is 5.04. The first-order valence-corrected chi connectivity index (χ1v) is 5.86. The number of hydrogen-bond donors (Lipinski definition) is 1. The molecular weight excluding hydrogens is 229 g/mol. The van der Waals surface area contributed by atoms with Crippen molar-refractivity contribution in [3.05, 3.63) is 46.5 Å². The summed E-state index contributed by atoms with van der Waals surface area (Å²) in [6.45, 7) is 0.666. The van der Waals surface area contributed by atoms with Crippen molar-refractivity contribution in [2.45, 2.75) is 18.4 Å². The molecule has 1 N–H and O–H groups in total. The van der Waals surface area contributed by atoms with E-state index in [2.05, 4.69) is 29.6 Å². The Hall–Kier alpha value is -0.500. The number of halogens is 2. The molecule has 15 heavy (non-hydrogen) atoms. The minimum Gasteiger partial charge on any atom is -0.308 e. The third-order valence-electron chi connectivity index (χ3n) is 2.67. The summed E-state index contributed by atoms with van der Waals surface area (Å²) in [7, 11) is 0. The predicted octanol–water partition coefficient (Wildman–Crippen LogP) is 3.45. The van der Waals surface area contributed by atoms with Crippen LogP contribution in [-0.4, -0.2) is 12.6 Å². The smallest absolute Gasteiger partial charge is 0.0432 e. The fraction of sp³-hybridized carbons (Fsp3) is 0.333. The number of nitrogens with one attached hydrogen (secondary N) is 1. The van der Waals surface area contributed by atoms with Gasteiger partial charge in [0.1, 0.15) is 0 Å². The van der Waals surface area contributed by atoms with Crippen molar-refractivity contribution in [3.8, 4) is 0 Å². The van der Waals surface area contributed by atoms with Crippen LogP contribution in [0.15, 0.2) is 40.9 Å². The Balaban J connectivity index is 1.82. The van der Waals surface area contributed by atoms with Crippen LogP contribution >= 0.6 is 23.2 Å². The Labute approximate surface area is 100 Å². The van der Waals surface area contributed by atoms with Gasteiger partial charge in [-0.3, -0.25) is 0 Å². The second-order valence-electron chi connectivity index (χ2n) is 3.80. The summed E-state index contributed by atoms with van der Waals surface area (Å²) in [6, 6.07) is 11.1. The van der Waals surface area contributed by atoms with Gasteiger partial charge in [-0.15, -0.1) is 0 Å². The van der Waals surface area contributed by atoms with Crippen LogP contribution in [0, 0.1) is 0 Å². The molecule has 80 valence electrons. The van der Waals surface area contributed by atoms with E-state index in [9.17, 15) is 0 Å². The van der Waals surface area contributed by atoms with Crippen molar-refractivity contribution in [1.82, 2.24) is 5.32 Å². The molecule has 0 aromatic heterocycles. The lowest BCUT2D eigenvalue weighted by Gasteiger charge is -2.02. The van der Waals surface area contributed by atoms with E-state index in [1.807, 2.05) is 6.07 Å². The third-order valence-corrected chi connectivity index (χ3v) is 3.29. The molecule has 1 fully saturated rings. The second-order valence-corrected chi connectivity index (χ2v) is 4.50. The molecule has 0 bridgehead atoms. The van der Waals surface area contributed by atoms with Crippen molar-refractivity contribution >= 4 is 23.2 Å². The van der Waals surface area contributed by atoms with Gasteiger partial charge in [-0.05, 0) is 12.0 Å². The zero-order valence-corrected chi connectivity index (χ0v) is 9.80. The van der Waals surface area contributed by atoms with Gasteiger partial charge >= 0.3 is 0 Å².